The number of para-hydroxylation sites is 1. The van der Waals surface area contributed by atoms with E-state index in [-0.39, 0.29) is 12.5 Å². The number of anilines is 2. The molecule has 1 aliphatic heterocycles. The van der Waals surface area contributed by atoms with Crippen LogP contribution in [0.5, 0.6) is 5.75 Å². The summed E-state index contributed by atoms with van der Waals surface area (Å²) >= 11 is 0. The second-order valence-corrected chi connectivity index (χ2v) is 6.20. The number of aryl methyl sites for hydroxylation is 1. The Hall–Kier alpha value is -2.49. The lowest BCUT2D eigenvalue weighted by atomic mass is 10.1. The molecule has 1 N–H and O–H groups in total. The molecule has 0 aromatic heterocycles. The summed E-state index contributed by atoms with van der Waals surface area (Å²) in [5.41, 5.74) is 3.05. The highest BCUT2D eigenvalue weighted by molar-refractivity contribution is 5.92. The molecule has 0 aliphatic carbocycles. The number of rotatable bonds is 5. The van der Waals surface area contributed by atoms with E-state index in [2.05, 4.69) is 22.3 Å². The Morgan fingerprint density at radius 1 is 1.04 bits per heavy atom. The number of nitrogens with zero attached hydrogens (tertiary/aromatic N) is 1. The third kappa shape index (κ3) is 4.28. The molecule has 2 aromatic carbocycles. The largest absolute Gasteiger partial charge is 0.483 e. The van der Waals surface area contributed by atoms with Crippen LogP contribution < -0.4 is 15.0 Å². The predicted octanol–water partition coefficient (Wildman–Crippen LogP) is 4.00. The first-order valence-electron chi connectivity index (χ1n) is 8.56. The Balaban J connectivity index is 1.52. The maximum Gasteiger partial charge on any atom is 0.262 e. The van der Waals surface area contributed by atoms with Gasteiger partial charge in [-0.2, -0.15) is 0 Å². The third-order valence-electron chi connectivity index (χ3n) is 4.32. The highest BCUT2D eigenvalue weighted by atomic mass is 16.5. The van der Waals surface area contributed by atoms with Gasteiger partial charge in [-0.05, 0) is 62.1 Å². The summed E-state index contributed by atoms with van der Waals surface area (Å²) in [6.45, 7) is 4.22. The fraction of sp³-hybridized carbons (Fsp3) is 0.350. The van der Waals surface area contributed by atoms with Crippen LogP contribution in [0, 0.1) is 6.92 Å². The molecule has 24 heavy (non-hydrogen) atoms. The van der Waals surface area contributed by atoms with E-state index in [0.29, 0.717) is 0 Å². The molecular formula is C20H24N2O2. The first-order valence-corrected chi connectivity index (χ1v) is 8.56. The summed E-state index contributed by atoms with van der Waals surface area (Å²) in [7, 11) is 0. The number of hydrogen-bond donors (Lipinski definition) is 1. The number of benzene rings is 2. The van der Waals surface area contributed by atoms with Gasteiger partial charge in [0.25, 0.3) is 5.91 Å². The van der Waals surface area contributed by atoms with Crippen LogP contribution in [0.4, 0.5) is 11.4 Å². The molecule has 1 amide bonds. The maximum atomic E-state index is 12.0. The number of amides is 1. The van der Waals surface area contributed by atoms with Gasteiger partial charge in [0.1, 0.15) is 5.75 Å². The van der Waals surface area contributed by atoms with Gasteiger partial charge in [-0.25, -0.2) is 0 Å². The normalized spacial score (nSPS) is 14.3. The zero-order valence-corrected chi connectivity index (χ0v) is 14.1. The molecular weight excluding hydrogens is 300 g/mol. The lowest BCUT2D eigenvalue weighted by Crippen LogP contribution is -2.29. The van der Waals surface area contributed by atoms with Crippen LogP contribution >= 0.6 is 0 Å². The van der Waals surface area contributed by atoms with Crippen LogP contribution in [-0.4, -0.2) is 25.6 Å². The van der Waals surface area contributed by atoms with E-state index in [1.807, 2.05) is 43.3 Å². The quantitative estimate of drug-likeness (QED) is 0.904. The van der Waals surface area contributed by atoms with Crippen molar-refractivity contribution in [3.63, 3.8) is 0 Å². The van der Waals surface area contributed by atoms with Gasteiger partial charge in [-0.15, -0.1) is 0 Å². The van der Waals surface area contributed by atoms with Crippen molar-refractivity contribution in [2.75, 3.05) is 29.9 Å². The molecule has 126 valence electrons. The summed E-state index contributed by atoms with van der Waals surface area (Å²) in [6, 6.07) is 15.7. The second-order valence-electron chi connectivity index (χ2n) is 6.20. The average molecular weight is 324 g/mol. The van der Waals surface area contributed by atoms with Crippen molar-refractivity contribution >= 4 is 17.3 Å². The Labute approximate surface area is 143 Å². The zero-order valence-electron chi connectivity index (χ0n) is 14.1. The van der Waals surface area contributed by atoms with Gasteiger partial charge >= 0.3 is 0 Å². The van der Waals surface area contributed by atoms with E-state index < -0.39 is 0 Å². The second kappa shape index (κ2) is 7.86. The summed E-state index contributed by atoms with van der Waals surface area (Å²) in [5.74, 6) is 0.595. The van der Waals surface area contributed by atoms with E-state index in [0.717, 1.165) is 30.1 Å². The van der Waals surface area contributed by atoms with Crippen LogP contribution in [0.2, 0.25) is 0 Å². The molecule has 0 saturated carbocycles. The fourth-order valence-corrected chi connectivity index (χ4v) is 2.97. The summed E-state index contributed by atoms with van der Waals surface area (Å²) in [6.07, 6.45) is 3.84. The lowest BCUT2D eigenvalue weighted by Gasteiger charge is -2.28. The summed E-state index contributed by atoms with van der Waals surface area (Å²) in [4.78, 5) is 14.4. The van der Waals surface area contributed by atoms with Gasteiger partial charge in [-0.1, -0.05) is 18.2 Å². The van der Waals surface area contributed by atoms with Gasteiger partial charge < -0.3 is 15.0 Å². The van der Waals surface area contributed by atoms with Gasteiger partial charge in [-0.3, -0.25) is 4.79 Å². The Morgan fingerprint density at radius 2 is 1.75 bits per heavy atom. The molecule has 0 radical (unpaired) electrons. The first kappa shape index (κ1) is 16.4. The van der Waals surface area contributed by atoms with Crippen LogP contribution in [0.3, 0.4) is 0 Å². The zero-order chi connectivity index (χ0) is 16.8. The van der Waals surface area contributed by atoms with Gasteiger partial charge in [0, 0.05) is 24.5 Å². The molecule has 0 bridgehead atoms. The van der Waals surface area contributed by atoms with E-state index in [9.17, 15) is 4.79 Å². The molecule has 3 rings (SSSR count). The van der Waals surface area contributed by atoms with Gasteiger partial charge in [0.05, 0.1) is 0 Å². The van der Waals surface area contributed by atoms with Gasteiger partial charge in [0.2, 0.25) is 0 Å². The summed E-state index contributed by atoms with van der Waals surface area (Å²) < 4.78 is 5.57. The Bertz CT molecular complexity index is 676. The van der Waals surface area contributed by atoms with E-state index in [4.69, 9.17) is 4.74 Å². The number of carbonyl (C=O) groups excluding carboxylic acids is 1. The van der Waals surface area contributed by atoms with Crippen molar-refractivity contribution in [3.8, 4) is 5.75 Å². The summed E-state index contributed by atoms with van der Waals surface area (Å²) in [5, 5.41) is 2.88. The Kier molecular flexibility index (Phi) is 5.36. The number of carbonyl (C=O) groups is 1. The lowest BCUT2D eigenvalue weighted by molar-refractivity contribution is -0.118. The number of nitrogens with one attached hydrogen (secondary N) is 1. The average Bonchev–Trinajstić information content (AvgIpc) is 2.62. The van der Waals surface area contributed by atoms with Crippen molar-refractivity contribution in [1.29, 1.82) is 0 Å². The molecule has 0 spiro atoms. The highest BCUT2D eigenvalue weighted by Crippen LogP contribution is 2.22. The van der Waals surface area contributed by atoms with Crippen LogP contribution in [0.25, 0.3) is 0 Å². The van der Waals surface area contributed by atoms with Crippen molar-refractivity contribution in [1.82, 2.24) is 0 Å². The van der Waals surface area contributed by atoms with Crippen LogP contribution in [-0.2, 0) is 4.79 Å². The molecule has 1 fully saturated rings. The molecule has 1 aliphatic rings. The van der Waals surface area contributed by atoms with Crippen molar-refractivity contribution in [2.24, 2.45) is 0 Å². The molecule has 0 unspecified atom stereocenters. The third-order valence-corrected chi connectivity index (χ3v) is 4.32. The molecule has 4 heteroatoms. The minimum atomic E-state index is -0.149. The van der Waals surface area contributed by atoms with E-state index in [1.165, 1.54) is 24.9 Å². The van der Waals surface area contributed by atoms with E-state index >= 15 is 0 Å². The topological polar surface area (TPSA) is 41.6 Å². The first-order chi connectivity index (χ1) is 11.7. The molecule has 4 nitrogen and oxygen atoms in total. The van der Waals surface area contributed by atoms with Gasteiger partial charge in [0.15, 0.2) is 6.61 Å². The highest BCUT2D eigenvalue weighted by Gasteiger charge is 2.11. The van der Waals surface area contributed by atoms with Crippen LogP contribution in [0.1, 0.15) is 24.8 Å². The van der Waals surface area contributed by atoms with Crippen molar-refractivity contribution in [3.05, 3.63) is 54.1 Å². The fourth-order valence-electron chi connectivity index (χ4n) is 2.97. The Morgan fingerprint density at radius 3 is 2.46 bits per heavy atom. The monoisotopic (exact) mass is 324 g/mol. The number of ether oxygens (including phenoxy) is 1. The van der Waals surface area contributed by atoms with Crippen LogP contribution in [0.15, 0.2) is 48.5 Å². The number of hydrogen-bond acceptors (Lipinski definition) is 3. The standard InChI is InChI=1S/C20H24N2O2/c1-16-7-3-4-8-19(16)24-15-20(23)21-17-9-11-18(12-10-17)22-13-5-2-6-14-22/h3-4,7-12H,2,5-6,13-15H2,1H3,(H,21,23). The molecule has 0 atom stereocenters. The van der Waals surface area contributed by atoms with Crippen molar-refractivity contribution < 1.29 is 9.53 Å². The minimum Gasteiger partial charge on any atom is -0.483 e. The molecule has 1 heterocycles. The predicted molar refractivity (Wildman–Crippen MR) is 97.8 cm³/mol. The SMILES string of the molecule is Cc1ccccc1OCC(=O)Nc1ccc(N2CCCCC2)cc1. The minimum absolute atomic E-state index is 0.0126. The smallest absolute Gasteiger partial charge is 0.262 e. The molecule has 2 aromatic rings. The molecule has 1 saturated heterocycles. The van der Waals surface area contributed by atoms with E-state index in [1.54, 1.807) is 0 Å². The van der Waals surface area contributed by atoms with Crippen molar-refractivity contribution in [2.45, 2.75) is 26.2 Å². The number of piperidine rings is 1. The maximum absolute atomic E-state index is 12.0.